The van der Waals surface area contributed by atoms with E-state index in [-0.39, 0.29) is 17.8 Å². The van der Waals surface area contributed by atoms with Crippen LogP contribution in [0.3, 0.4) is 0 Å². The zero-order chi connectivity index (χ0) is 10.6. The van der Waals surface area contributed by atoms with Crippen molar-refractivity contribution in [1.29, 1.82) is 0 Å². The minimum absolute atomic E-state index is 0.00933. The van der Waals surface area contributed by atoms with Gasteiger partial charge in [0.1, 0.15) is 0 Å². The third-order valence-electron chi connectivity index (χ3n) is 2.78. The van der Waals surface area contributed by atoms with E-state index in [4.69, 9.17) is 10.5 Å². The predicted octanol–water partition coefficient (Wildman–Crippen LogP) is 0.175. The predicted molar refractivity (Wildman–Crippen MR) is 55.8 cm³/mol. The third-order valence-corrected chi connectivity index (χ3v) is 4.62. The minimum Gasteiger partial charge on any atom is -0.381 e. The maximum Gasteiger partial charge on any atom is 0.150 e. The largest absolute Gasteiger partial charge is 0.381 e. The van der Waals surface area contributed by atoms with Crippen LogP contribution in [0.2, 0.25) is 0 Å². The van der Waals surface area contributed by atoms with Crippen molar-refractivity contribution in [1.82, 2.24) is 0 Å². The highest BCUT2D eigenvalue weighted by Crippen LogP contribution is 2.24. The molecule has 1 fully saturated rings. The second-order valence-corrected chi connectivity index (χ2v) is 6.10. The summed E-state index contributed by atoms with van der Waals surface area (Å²) in [5.74, 6) is 0.746. The summed E-state index contributed by atoms with van der Waals surface area (Å²) >= 11 is 0. The van der Waals surface area contributed by atoms with Gasteiger partial charge in [0, 0.05) is 7.11 Å². The molecule has 2 atom stereocenters. The van der Waals surface area contributed by atoms with Crippen LogP contribution in [0.25, 0.3) is 0 Å². The lowest BCUT2D eigenvalue weighted by molar-refractivity contribution is 0.0502. The van der Waals surface area contributed by atoms with Gasteiger partial charge >= 0.3 is 0 Å². The smallest absolute Gasteiger partial charge is 0.150 e. The molecule has 0 amide bonds. The lowest BCUT2D eigenvalue weighted by Gasteiger charge is -2.28. The van der Waals surface area contributed by atoms with Crippen molar-refractivity contribution in [3.05, 3.63) is 0 Å². The van der Waals surface area contributed by atoms with Gasteiger partial charge in [-0.05, 0) is 31.7 Å². The molecule has 0 aliphatic carbocycles. The van der Waals surface area contributed by atoms with E-state index in [9.17, 15) is 8.42 Å². The van der Waals surface area contributed by atoms with E-state index in [2.05, 4.69) is 0 Å². The first kappa shape index (κ1) is 11.9. The Bertz CT molecular complexity index is 263. The Labute approximate surface area is 85.7 Å². The maximum absolute atomic E-state index is 11.4. The van der Waals surface area contributed by atoms with Crippen LogP contribution >= 0.6 is 0 Å². The molecule has 2 N–H and O–H groups in total. The highest BCUT2D eigenvalue weighted by Gasteiger charge is 2.30. The van der Waals surface area contributed by atoms with Crippen LogP contribution in [0.5, 0.6) is 0 Å². The zero-order valence-electron chi connectivity index (χ0n) is 8.61. The fraction of sp³-hybridized carbons (Fsp3) is 1.00. The number of methoxy groups -OCH3 is 1. The van der Waals surface area contributed by atoms with E-state index in [1.54, 1.807) is 7.11 Å². The van der Waals surface area contributed by atoms with E-state index in [1.165, 1.54) is 0 Å². The standard InChI is InChI=1S/C9H19NO3S/c1-13-9(4-5-10)8-3-2-6-14(11,12)7-8/h8-9H,2-7,10H2,1H3. The summed E-state index contributed by atoms with van der Waals surface area (Å²) in [5, 5.41) is 0. The molecule has 0 aromatic carbocycles. The molecule has 0 aromatic heterocycles. The molecule has 1 heterocycles. The molecule has 1 saturated heterocycles. The highest BCUT2D eigenvalue weighted by atomic mass is 32.2. The lowest BCUT2D eigenvalue weighted by Crippen LogP contribution is -2.35. The van der Waals surface area contributed by atoms with Crippen molar-refractivity contribution in [2.24, 2.45) is 11.7 Å². The van der Waals surface area contributed by atoms with Gasteiger partial charge in [-0.25, -0.2) is 8.42 Å². The number of hydrogen-bond donors (Lipinski definition) is 1. The lowest BCUT2D eigenvalue weighted by atomic mass is 9.96. The van der Waals surface area contributed by atoms with Crippen LogP contribution in [-0.4, -0.2) is 39.7 Å². The summed E-state index contributed by atoms with van der Waals surface area (Å²) in [7, 11) is -1.20. The Kier molecular flexibility index (Phi) is 4.34. The number of sulfone groups is 1. The summed E-state index contributed by atoms with van der Waals surface area (Å²) < 4.78 is 28.1. The second kappa shape index (κ2) is 5.09. The van der Waals surface area contributed by atoms with Crippen LogP contribution in [-0.2, 0) is 14.6 Å². The van der Waals surface area contributed by atoms with Gasteiger partial charge in [-0.1, -0.05) is 0 Å². The number of rotatable bonds is 4. The third kappa shape index (κ3) is 3.22. The quantitative estimate of drug-likeness (QED) is 0.735. The van der Waals surface area contributed by atoms with Crippen LogP contribution in [0.15, 0.2) is 0 Å². The average Bonchev–Trinajstić information content (AvgIpc) is 2.12. The number of nitrogens with two attached hydrogens (primary N) is 1. The monoisotopic (exact) mass is 221 g/mol. The first-order valence-corrected chi connectivity index (χ1v) is 6.84. The van der Waals surface area contributed by atoms with Crippen molar-refractivity contribution < 1.29 is 13.2 Å². The van der Waals surface area contributed by atoms with Gasteiger partial charge in [-0.3, -0.25) is 0 Å². The van der Waals surface area contributed by atoms with Crippen molar-refractivity contribution in [3.8, 4) is 0 Å². The Hall–Kier alpha value is -0.130. The molecule has 1 aliphatic heterocycles. The van der Waals surface area contributed by atoms with Gasteiger partial charge in [0.15, 0.2) is 9.84 Å². The highest BCUT2D eigenvalue weighted by molar-refractivity contribution is 7.91. The zero-order valence-corrected chi connectivity index (χ0v) is 9.42. The molecule has 2 unspecified atom stereocenters. The Morgan fingerprint density at radius 3 is 2.79 bits per heavy atom. The van der Waals surface area contributed by atoms with Gasteiger partial charge in [0.05, 0.1) is 17.6 Å². The molecule has 84 valence electrons. The fourth-order valence-corrected chi connectivity index (χ4v) is 3.87. The van der Waals surface area contributed by atoms with Crippen LogP contribution in [0.4, 0.5) is 0 Å². The Morgan fingerprint density at radius 1 is 1.57 bits per heavy atom. The molecule has 4 nitrogen and oxygen atoms in total. The minimum atomic E-state index is -2.83. The van der Waals surface area contributed by atoms with E-state index < -0.39 is 9.84 Å². The van der Waals surface area contributed by atoms with Crippen molar-refractivity contribution in [2.45, 2.75) is 25.4 Å². The molecule has 0 spiro atoms. The van der Waals surface area contributed by atoms with Gasteiger partial charge in [0.2, 0.25) is 0 Å². The van der Waals surface area contributed by atoms with Gasteiger partial charge in [0.25, 0.3) is 0 Å². The summed E-state index contributed by atoms with van der Waals surface area (Å²) in [6, 6.07) is 0. The van der Waals surface area contributed by atoms with Crippen LogP contribution in [0, 0.1) is 5.92 Å². The maximum atomic E-state index is 11.4. The summed E-state index contributed by atoms with van der Waals surface area (Å²) in [5.41, 5.74) is 5.45. The van der Waals surface area contributed by atoms with E-state index in [1.807, 2.05) is 0 Å². The van der Waals surface area contributed by atoms with E-state index >= 15 is 0 Å². The van der Waals surface area contributed by atoms with Gasteiger partial charge in [-0.15, -0.1) is 0 Å². The topological polar surface area (TPSA) is 69.4 Å². The first-order chi connectivity index (χ1) is 6.59. The van der Waals surface area contributed by atoms with Crippen LogP contribution < -0.4 is 5.73 Å². The number of hydrogen-bond acceptors (Lipinski definition) is 4. The molecule has 5 heteroatoms. The molecular weight excluding hydrogens is 202 g/mol. The summed E-state index contributed by atoms with van der Waals surface area (Å²) in [6.07, 6.45) is 2.46. The van der Waals surface area contributed by atoms with Crippen LogP contribution in [0.1, 0.15) is 19.3 Å². The molecule has 0 radical (unpaired) electrons. The summed E-state index contributed by atoms with van der Waals surface area (Å²) in [4.78, 5) is 0. The average molecular weight is 221 g/mol. The fourth-order valence-electron chi connectivity index (χ4n) is 2.06. The molecule has 14 heavy (non-hydrogen) atoms. The van der Waals surface area contributed by atoms with E-state index in [0.717, 1.165) is 19.3 Å². The Balaban J connectivity index is 2.57. The van der Waals surface area contributed by atoms with Crippen molar-refractivity contribution in [2.75, 3.05) is 25.2 Å². The van der Waals surface area contributed by atoms with Gasteiger partial charge < -0.3 is 10.5 Å². The number of ether oxygens (including phenoxy) is 1. The normalized spacial score (nSPS) is 28.6. The SMILES string of the molecule is COC(CCN)C1CCCS(=O)(=O)C1. The van der Waals surface area contributed by atoms with Gasteiger partial charge in [-0.2, -0.15) is 0 Å². The summed E-state index contributed by atoms with van der Waals surface area (Å²) in [6.45, 7) is 0.551. The Morgan fingerprint density at radius 2 is 2.29 bits per heavy atom. The van der Waals surface area contributed by atoms with E-state index in [0.29, 0.717) is 12.3 Å². The molecule has 0 bridgehead atoms. The molecule has 1 rings (SSSR count). The molecule has 1 aliphatic rings. The molecular formula is C9H19NO3S. The first-order valence-electron chi connectivity index (χ1n) is 5.02. The van der Waals surface area contributed by atoms with Crippen molar-refractivity contribution in [3.63, 3.8) is 0 Å². The molecule has 0 aromatic rings. The second-order valence-electron chi connectivity index (χ2n) is 3.87. The van der Waals surface area contributed by atoms with Crippen molar-refractivity contribution >= 4 is 9.84 Å². The molecule has 0 saturated carbocycles.